The maximum Gasteiger partial charge on any atom is 0.308 e. The van der Waals surface area contributed by atoms with Gasteiger partial charge in [-0.15, -0.1) is 0 Å². The lowest BCUT2D eigenvalue weighted by Crippen LogP contribution is -2.26. The van der Waals surface area contributed by atoms with Crippen LogP contribution in [0.3, 0.4) is 0 Å². The molecule has 21 heavy (non-hydrogen) atoms. The average molecular weight is 283 g/mol. The molecule has 0 saturated carbocycles. The number of aromatic nitrogens is 2. The van der Waals surface area contributed by atoms with E-state index in [1.54, 1.807) is 35.4 Å². The zero-order valence-corrected chi connectivity index (χ0v) is 11.4. The van der Waals surface area contributed by atoms with Gasteiger partial charge in [-0.05, 0) is 12.1 Å². The smallest absolute Gasteiger partial charge is 0.308 e. The molecule has 0 radical (unpaired) electrons. The summed E-state index contributed by atoms with van der Waals surface area (Å²) >= 11 is 0. The molecule has 1 aromatic carbocycles. The Morgan fingerprint density at radius 1 is 1.24 bits per heavy atom. The SMILES string of the molecule is CC(=O)Oc1ccccc1C(=O)N1Cc2cncnc2C1. The Bertz CT molecular complexity index is 690. The van der Waals surface area contributed by atoms with Gasteiger partial charge in [0.1, 0.15) is 12.1 Å². The fourth-order valence-electron chi connectivity index (χ4n) is 2.30. The van der Waals surface area contributed by atoms with Gasteiger partial charge in [-0.25, -0.2) is 9.97 Å². The molecule has 0 N–H and O–H groups in total. The fraction of sp³-hybridized carbons (Fsp3) is 0.200. The first-order valence-corrected chi connectivity index (χ1v) is 6.49. The summed E-state index contributed by atoms with van der Waals surface area (Å²) in [4.78, 5) is 33.5. The Morgan fingerprint density at radius 2 is 2.05 bits per heavy atom. The summed E-state index contributed by atoms with van der Waals surface area (Å²) in [6, 6.07) is 6.72. The molecule has 0 saturated heterocycles. The van der Waals surface area contributed by atoms with Crippen LogP contribution in [0.1, 0.15) is 28.5 Å². The zero-order valence-electron chi connectivity index (χ0n) is 11.4. The summed E-state index contributed by atoms with van der Waals surface area (Å²) in [6.45, 7) is 2.21. The predicted octanol–water partition coefficient (Wildman–Crippen LogP) is 1.56. The van der Waals surface area contributed by atoms with Crippen LogP contribution < -0.4 is 4.74 Å². The second-order valence-electron chi connectivity index (χ2n) is 4.75. The van der Waals surface area contributed by atoms with Crippen molar-refractivity contribution < 1.29 is 14.3 Å². The van der Waals surface area contributed by atoms with Crippen LogP contribution in [-0.2, 0) is 17.9 Å². The lowest BCUT2D eigenvalue weighted by atomic mass is 10.1. The molecule has 0 bridgehead atoms. The average Bonchev–Trinajstić information content (AvgIpc) is 2.90. The largest absolute Gasteiger partial charge is 0.426 e. The number of carbonyl (C=O) groups excluding carboxylic acids is 2. The molecule has 1 aliphatic heterocycles. The van der Waals surface area contributed by atoms with Gasteiger partial charge in [-0.1, -0.05) is 12.1 Å². The van der Waals surface area contributed by atoms with E-state index in [9.17, 15) is 9.59 Å². The Labute approximate surface area is 121 Å². The minimum Gasteiger partial charge on any atom is -0.426 e. The van der Waals surface area contributed by atoms with E-state index in [1.807, 2.05) is 0 Å². The number of esters is 1. The van der Waals surface area contributed by atoms with E-state index in [2.05, 4.69) is 9.97 Å². The molecule has 106 valence electrons. The third kappa shape index (κ3) is 2.60. The predicted molar refractivity (Wildman–Crippen MR) is 73.4 cm³/mol. The summed E-state index contributed by atoms with van der Waals surface area (Å²) in [7, 11) is 0. The minimum absolute atomic E-state index is 0.190. The van der Waals surface area contributed by atoms with Gasteiger partial charge >= 0.3 is 5.97 Å². The molecular formula is C15H13N3O3. The normalized spacial score (nSPS) is 12.9. The van der Waals surface area contributed by atoms with E-state index in [4.69, 9.17) is 4.74 Å². The number of benzene rings is 1. The molecule has 1 aromatic heterocycles. The third-order valence-electron chi connectivity index (χ3n) is 3.24. The van der Waals surface area contributed by atoms with Gasteiger partial charge in [-0.3, -0.25) is 9.59 Å². The molecule has 0 aliphatic carbocycles. The van der Waals surface area contributed by atoms with Gasteiger partial charge < -0.3 is 9.64 Å². The molecule has 0 fully saturated rings. The van der Waals surface area contributed by atoms with E-state index >= 15 is 0 Å². The van der Waals surface area contributed by atoms with E-state index < -0.39 is 5.97 Å². The van der Waals surface area contributed by atoms with Crippen LogP contribution in [0.15, 0.2) is 36.8 Å². The standard InChI is InChI=1S/C15H13N3O3/c1-10(19)21-14-5-3-2-4-12(14)15(20)18-7-11-6-16-9-17-13(11)8-18/h2-6,9H,7-8H2,1H3. The molecular weight excluding hydrogens is 270 g/mol. The molecule has 6 heteroatoms. The number of nitrogens with zero attached hydrogens (tertiary/aromatic N) is 3. The number of carbonyl (C=O) groups is 2. The number of ether oxygens (including phenoxy) is 1. The topological polar surface area (TPSA) is 72.4 Å². The summed E-state index contributed by atoms with van der Waals surface area (Å²) < 4.78 is 5.09. The Hall–Kier alpha value is -2.76. The Balaban J connectivity index is 1.86. The van der Waals surface area contributed by atoms with E-state index in [0.717, 1.165) is 11.3 Å². The van der Waals surface area contributed by atoms with Crippen molar-refractivity contribution in [2.24, 2.45) is 0 Å². The highest BCUT2D eigenvalue weighted by molar-refractivity contribution is 5.97. The summed E-state index contributed by atoms with van der Waals surface area (Å²) in [6.07, 6.45) is 3.19. The van der Waals surface area contributed by atoms with Gasteiger partial charge in [0, 0.05) is 25.2 Å². The van der Waals surface area contributed by atoms with E-state index in [-0.39, 0.29) is 11.7 Å². The molecule has 0 unspecified atom stereocenters. The number of hydrogen-bond acceptors (Lipinski definition) is 5. The maximum absolute atomic E-state index is 12.6. The molecule has 1 amide bonds. The van der Waals surface area contributed by atoms with Gasteiger partial charge in [-0.2, -0.15) is 0 Å². The second-order valence-corrected chi connectivity index (χ2v) is 4.75. The number of rotatable bonds is 2. The van der Waals surface area contributed by atoms with Gasteiger partial charge in [0.15, 0.2) is 0 Å². The van der Waals surface area contributed by atoms with Crippen molar-refractivity contribution in [1.82, 2.24) is 14.9 Å². The van der Waals surface area contributed by atoms with Crippen molar-refractivity contribution in [2.45, 2.75) is 20.0 Å². The van der Waals surface area contributed by atoms with Gasteiger partial charge in [0.25, 0.3) is 5.91 Å². The molecule has 2 aromatic rings. The van der Waals surface area contributed by atoms with E-state index in [0.29, 0.717) is 18.7 Å². The van der Waals surface area contributed by atoms with Gasteiger partial charge in [0.2, 0.25) is 0 Å². The number of hydrogen-bond donors (Lipinski definition) is 0. The van der Waals surface area contributed by atoms with Crippen molar-refractivity contribution in [3.05, 3.63) is 53.6 Å². The van der Waals surface area contributed by atoms with Crippen molar-refractivity contribution in [2.75, 3.05) is 0 Å². The van der Waals surface area contributed by atoms with Crippen LogP contribution in [0.5, 0.6) is 5.75 Å². The molecule has 1 aliphatic rings. The number of amides is 1. The van der Waals surface area contributed by atoms with Crippen LogP contribution in [-0.4, -0.2) is 26.7 Å². The summed E-state index contributed by atoms with van der Waals surface area (Å²) in [5, 5.41) is 0. The molecule has 3 rings (SSSR count). The first kappa shape index (κ1) is 13.2. The highest BCUT2D eigenvalue weighted by Crippen LogP contribution is 2.25. The van der Waals surface area contributed by atoms with E-state index in [1.165, 1.54) is 13.3 Å². The van der Waals surface area contributed by atoms with Gasteiger partial charge in [0.05, 0.1) is 17.8 Å². The fourth-order valence-corrected chi connectivity index (χ4v) is 2.30. The van der Waals surface area contributed by atoms with Crippen molar-refractivity contribution >= 4 is 11.9 Å². The molecule has 0 atom stereocenters. The van der Waals surface area contributed by atoms with Crippen LogP contribution in [0.4, 0.5) is 0 Å². The summed E-state index contributed by atoms with van der Waals surface area (Å²) in [5.41, 5.74) is 2.16. The number of fused-ring (bicyclic) bond motifs is 1. The lowest BCUT2D eigenvalue weighted by molar-refractivity contribution is -0.131. The van der Waals surface area contributed by atoms with Crippen LogP contribution in [0.25, 0.3) is 0 Å². The Morgan fingerprint density at radius 3 is 2.81 bits per heavy atom. The summed E-state index contributed by atoms with van der Waals surface area (Å²) in [5.74, 6) is -0.368. The minimum atomic E-state index is -0.453. The first-order valence-electron chi connectivity index (χ1n) is 6.49. The molecule has 0 spiro atoms. The number of para-hydroxylation sites is 1. The van der Waals surface area contributed by atoms with Crippen molar-refractivity contribution in [1.29, 1.82) is 0 Å². The van der Waals surface area contributed by atoms with Crippen molar-refractivity contribution in [3.63, 3.8) is 0 Å². The van der Waals surface area contributed by atoms with Crippen LogP contribution in [0, 0.1) is 0 Å². The lowest BCUT2D eigenvalue weighted by Gasteiger charge is -2.16. The molecule has 2 heterocycles. The second kappa shape index (κ2) is 5.32. The first-order chi connectivity index (χ1) is 10.1. The quantitative estimate of drug-likeness (QED) is 0.617. The van der Waals surface area contributed by atoms with Crippen LogP contribution in [0.2, 0.25) is 0 Å². The zero-order chi connectivity index (χ0) is 14.8. The van der Waals surface area contributed by atoms with Crippen LogP contribution >= 0.6 is 0 Å². The Kier molecular flexibility index (Phi) is 3.35. The maximum atomic E-state index is 12.6. The highest BCUT2D eigenvalue weighted by atomic mass is 16.5. The monoisotopic (exact) mass is 283 g/mol. The third-order valence-corrected chi connectivity index (χ3v) is 3.24. The molecule has 6 nitrogen and oxygen atoms in total. The highest BCUT2D eigenvalue weighted by Gasteiger charge is 2.27. The van der Waals surface area contributed by atoms with Crippen molar-refractivity contribution in [3.8, 4) is 5.75 Å².